The molecule has 5 nitrogen and oxygen atoms in total. The number of nitrogens with zero attached hydrogens (tertiary/aromatic N) is 2. The summed E-state index contributed by atoms with van der Waals surface area (Å²) in [6, 6.07) is 8.28. The molecule has 1 aromatic heterocycles. The van der Waals surface area contributed by atoms with Crippen LogP contribution in [0.15, 0.2) is 36.7 Å². The van der Waals surface area contributed by atoms with Gasteiger partial charge in [-0.05, 0) is 31.0 Å². The van der Waals surface area contributed by atoms with Crippen LogP contribution in [0.3, 0.4) is 0 Å². The van der Waals surface area contributed by atoms with Crippen LogP contribution in [0.4, 0.5) is 11.6 Å². The van der Waals surface area contributed by atoms with E-state index >= 15 is 0 Å². The van der Waals surface area contributed by atoms with Gasteiger partial charge in [0.2, 0.25) is 11.9 Å². The number of amides is 1. The maximum atomic E-state index is 11.2. The lowest BCUT2D eigenvalue weighted by Gasteiger charge is -2.15. The van der Waals surface area contributed by atoms with Crippen molar-refractivity contribution in [2.45, 2.75) is 38.6 Å². The number of hydrogen-bond donors (Lipinski definition) is 2. The van der Waals surface area contributed by atoms with Crippen LogP contribution in [0.1, 0.15) is 32.6 Å². The number of carbonyl (C=O) groups excluding carboxylic acids is 1. The van der Waals surface area contributed by atoms with E-state index in [1.165, 1.54) is 32.6 Å². The second-order valence-electron chi connectivity index (χ2n) is 5.48. The lowest BCUT2D eigenvalue weighted by Crippen LogP contribution is -2.17. The molecule has 21 heavy (non-hydrogen) atoms. The first-order chi connectivity index (χ1) is 10.2. The van der Waals surface area contributed by atoms with Crippen LogP contribution >= 0.6 is 0 Å². The van der Waals surface area contributed by atoms with Gasteiger partial charge in [0, 0.05) is 31.0 Å². The number of imidazole rings is 1. The Kier molecular flexibility index (Phi) is 3.90. The minimum Gasteiger partial charge on any atom is -0.353 e. The molecular formula is C16H20N4O. The van der Waals surface area contributed by atoms with Gasteiger partial charge in [-0.2, -0.15) is 0 Å². The molecule has 0 saturated heterocycles. The van der Waals surface area contributed by atoms with Gasteiger partial charge in [-0.3, -0.25) is 9.36 Å². The molecule has 0 aliphatic heterocycles. The molecule has 1 aliphatic rings. The van der Waals surface area contributed by atoms with Gasteiger partial charge in [0.25, 0.3) is 0 Å². The normalized spacial score (nSPS) is 15.1. The predicted octanol–water partition coefficient (Wildman–Crippen LogP) is 3.19. The highest BCUT2D eigenvalue weighted by Crippen LogP contribution is 2.24. The Hall–Kier alpha value is -2.30. The topological polar surface area (TPSA) is 59.0 Å². The summed E-state index contributed by atoms with van der Waals surface area (Å²) >= 11 is 0. The molecule has 3 rings (SSSR count). The van der Waals surface area contributed by atoms with Crippen LogP contribution in [0.25, 0.3) is 5.69 Å². The van der Waals surface area contributed by atoms with E-state index < -0.39 is 0 Å². The fourth-order valence-corrected chi connectivity index (χ4v) is 2.81. The molecule has 0 radical (unpaired) electrons. The van der Waals surface area contributed by atoms with E-state index in [4.69, 9.17) is 0 Å². The number of rotatable bonds is 4. The number of anilines is 2. The molecular weight excluding hydrogens is 264 g/mol. The molecule has 110 valence electrons. The second kappa shape index (κ2) is 5.99. The van der Waals surface area contributed by atoms with Gasteiger partial charge in [-0.25, -0.2) is 4.98 Å². The van der Waals surface area contributed by atoms with Gasteiger partial charge in [0.15, 0.2) is 0 Å². The second-order valence-corrected chi connectivity index (χ2v) is 5.48. The van der Waals surface area contributed by atoms with E-state index in [1.807, 2.05) is 35.0 Å². The van der Waals surface area contributed by atoms with Crippen molar-refractivity contribution >= 4 is 17.5 Å². The minimum atomic E-state index is -0.0675. The molecule has 0 atom stereocenters. The summed E-state index contributed by atoms with van der Waals surface area (Å²) in [6.45, 7) is 1.51. The van der Waals surface area contributed by atoms with Crippen LogP contribution in [-0.4, -0.2) is 21.5 Å². The van der Waals surface area contributed by atoms with Gasteiger partial charge >= 0.3 is 0 Å². The van der Waals surface area contributed by atoms with Gasteiger partial charge in [-0.15, -0.1) is 0 Å². The number of aromatic nitrogens is 2. The van der Waals surface area contributed by atoms with Crippen molar-refractivity contribution in [3.05, 3.63) is 36.7 Å². The predicted molar refractivity (Wildman–Crippen MR) is 83.7 cm³/mol. The van der Waals surface area contributed by atoms with Gasteiger partial charge in [-0.1, -0.05) is 18.9 Å². The molecule has 1 aromatic carbocycles. The lowest BCUT2D eigenvalue weighted by atomic mass is 10.2. The quantitative estimate of drug-likeness (QED) is 0.906. The number of nitrogens with one attached hydrogen (secondary N) is 2. The molecule has 0 spiro atoms. The molecule has 0 unspecified atom stereocenters. The van der Waals surface area contributed by atoms with Gasteiger partial charge in [0.1, 0.15) is 0 Å². The molecule has 1 saturated carbocycles. The zero-order valence-electron chi connectivity index (χ0n) is 12.2. The summed E-state index contributed by atoms with van der Waals surface area (Å²) in [7, 11) is 0. The smallest absolute Gasteiger partial charge is 0.221 e. The minimum absolute atomic E-state index is 0.0675. The van der Waals surface area contributed by atoms with Crippen LogP contribution < -0.4 is 10.6 Å². The maximum absolute atomic E-state index is 11.2. The van der Waals surface area contributed by atoms with Crippen LogP contribution in [-0.2, 0) is 4.79 Å². The van der Waals surface area contributed by atoms with Crippen LogP contribution in [0.5, 0.6) is 0 Å². The number of hydrogen-bond acceptors (Lipinski definition) is 3. The highest BCUT2D eigenvalue weighted by molar-refractivity contribution is 5.88. The Bertz CT molecular complexity index is 629. The molecule has 1 aliphatic carbocycles. The van der Waals surface area contributed by atoms with E-state index in [2.05, 4.69) is 15.6 Å². The summed E-state index contributed by atoms with van der Waals surface area (Å²) in [5, 5.41) is 6.32. The zero-order chi connectivity index (χ0) is 14.7. The third-order valence-corrected chi connectivity index (χ3v) is 3.77. The average molecular weight is 284 g/mol. The summed E-state index contributed by atoms with van der Waals surface area (Å²) in [5.41, 5.74) is 1.78. The van der Waals surface area contributed by atoms with Crippen molar-refractivity contribution in [3.63, 3.8) is 0 Å². The van der Waals surface area contributed by atoms with E-state index in [9.17, 15) is 4.79 Å². The number of carbonyl (C=O) groups is 1. The third kappa shape index (κ3) is 3.24. The Balaban J connectivity index is 1.83. The van der Waals surface area contributed by atoms with Crippen molar-refractivity contribution in [2.75, 3.05) is 10.6 Å². The molecule has 2 N–H and O–H groups in total. The Morgan fingerprint density at radius 3 is 2.90 bits per heavy atom. The number of benzene rings is 1. The summed E-state index contributed by atoms with van der Waals surface area (Å²) in [6.07, 6.45) is 8.72. The fourth-order valence-electron chi connectivity index (χ4n) is 2.81. The van der Waals surface area contributed by atoms with Crippen molar-refractivity contribution in [1.29, 1.82) is 0 Å². The van der Waals surface area contributed by atoms with E-state index in [-0.39, 0.29) is 5.91 Å². The zero-order valence-corrected chi connectivity index (χ0v) is 12.2. The van der Waals surface area contributed by atoms with Crippen molar-refractivity contribution in [2.24, 2.45) is 0 Å². The summed E-state index contributed by atoms with van der Waals surface area (Å²) in [4.78, 5) is 15.6. The highest BCUT2D eigenvalue weighted by Gasteiger charge is 2.17. The van der Waals surface area contributed by atoms with E-state index in [0.717, 1.165) is 17.3 Å². The van der Waals surface area contributed by atoms with E-state index in [0.29, 0.717) is 6.04 Å². The van der Waals surface area contributed by atoms with Crippen LogP contribution in [0, 0.1) is 0 Å². The Labute approximate surface area is 124 Å². The summed E-state index contributed by atoms with van der Waals surface area (Å²) in [5.74, 6) is 0.795. The van der Waals surface area contributed by atoms with Gasteiger partial charge < -0.3 is 10.6 Å². The first kappa shape index (κ1) is 13.7. The first-order valence-corrected chi connectivity index (χ1v) is 7.40. The maximum Gasteiger partial charge on any atom is 0.221 e. The van der Waals surface area contributed by atoms with E-state index in [1.54, 1.807) is 6.20 Å². The fraction of sp³-hybridized carbons (Fsp3) is 0.375. The largest absolute Gasteiger partial charge is 0.353 e. The first-order valence-electron chi connectivity index (χ1n) is 7.40. The monoisotopic (exact) mass is 284 g/mol. The Morgan fingerprint density at radius 2 is 2.14 bits per heavy atom. The molecule has 1 heterocycles. The highest BCUT2D eigenvalue weighted by atomic mass is 16.1. The standard InChI is InChI=1S/C16H20N4O/c1-12(21)18-14-7-4-8-15(11-14)20-10-9-17-16(20)19-13-5-2-3-6-13/h4,7-11,13H,2-3,5-6H2,1H3,(H,17,19)(H,18,21). The van der Waals surface area contributed by atoms with Crippen molar-refractivity contribution in [3.8, 4) is 5.69 Å². The van der Waals surface area contributed by atoms with Gasteiger partial charge in [0.05, 0.1) is 5.69 Å². The van der Waals surface area contributed by atoms with Crippen molar-refractivity contribution in [1.82, 2.24) is 9.55 Å². The van der Waals surface area contributed by atoms with Crippen LogP contribution in [0.2, 0.25) is 0 Å². The molecule has 1 fully saturated rings. The molecule has 1 amide bonds. The average Bonchev–Trinajstić information content (AvgIpc) is 3.10. The molecule has 0 bridgehead atoms. The lowest BCUT2D eigenvalue weighted by molar-refractivity contribution is -0.114. The van der Waals surface area contributed by atoms with Crippen molar-refractivity contribution < 1.29 is 4.79 Å². The third-order valence-electron chi connectivity index (χ3n) is 3.77. The molecule has 2 aromatic rings. The molecule has 5 heteroatoms. The summed E-state index contributed by atoms with van der Waals surface area (Å²) < 4.78 is 2.02. The SMILES string of the molecule is CC(=O)Nc1cccc(-n2ccnc2NC2CCCC2)c1. The Morgan fingerprint density at radius 1 is 1.33 bits per heavy atom.